The molecule has 0 saturated carbocycles. The van der Waals surface area contributed by atoms with E-state index >= 15 is 0 Å². The number of sulfonamides is 1. The number of imidazole rings is 1. The summed E-state index contributed by atoms with van der Waals surface area (Å²) in [5.74, 6) is 0.399. The van der Waals surface area contributed by atoms with Crippen LogP contribution in [0, 0.1) is 5.82 Å². The van der Waals surface area contributed by atoms with Crippen LogP contribution in [0.15, 0.2) is 41.8 Å². The van der Waals surface area contributed by atoms with E-state index < -0.39 is 10.0 Å². The van der Waals surface area contributed by atoms with Crippen molar-refractivity contribution in [3.8, 4) is 0 Å². The fraction of sp³-hybridized carbons (Fsp3) is 0.400. The summed E-state index contributed by atoms with van der Waals surface area (Å²) in [4.78, 5) is 3.95. The number of nitrogens with zero attached hydrogens (tertiary/aromatic N) is 3. The van der Waals surface area contributed by atoms with Gasteiger partial charge in [0, 0.05) is 42.9 Å². The van der Waals surface area contributed by atoms with Crippen LogP contribution >= 0.6 is 11.8 Å². The van der Waals surface area contributed by atoms with Crippen molar-refractivity contribution in [3.05, 3.63) is 48.2 Å². The fourth-order valence-electron chi connectivity index (χ4n) is 2.63. The highest BCUT2D eigenvalue weighted by Gasteiger charge is 2.30. The molecule has 1 unspecified atom stereocenters. The third-order valence-corrected chi connectivity index (χ3v) is 6.93. The van der Waals surface area contributed by atoms with E-state index in [2.05, 4.69) is 4.98 Å². The van der Waals surface area contributed by atoms with Gasteiger partial charge in [-0.2, -0.15) is 16.1 Å². The van der Waals surface area contributed by atoms with Crippen LogP contribution in [0.25, 0.3) is 0 Å². The Morgan fingerprint density at radius 3 is 2.78 bits per heavy atom. The van der Waals surface area contributed by atoms with E-state index in [1.807, 2.05) is 6.07 Å². The van der Waals surface area contributed by atoms with Crippen molar-refractivity contribution >= 4 is 21.8 Å². The molecule has 0 bridgehead atoms. The summed E-state index contributed by atoms with van der Waals surface area (Å²) in [6.45, 7) is 0.777. The molecule has 23 heavy (non-hydrogen) atoms. The van der Waals surface area contributed by atoms with E-state index in [4.69, 9.17) is 0 Å². The number of hydrogen-bond donors (Lipinski definition) is 0. The van der Waals surface area contributed by atoms with Crippen molar-refractivity contribution in [3.63, 3.8) is 0 Å². The average molecular weight is 355 g/mol. The first-order chi connectivity index (χ1) is 11.0. The Bertz CT molecular complexity index is 792. The largest absolute Gasteiger partial charge is 0.339 e. The first-order valence-electron chi connectivity index (χ1n) is 7.32. The molecule has 0 amide bonds. The Balaban J connectivity index is 1.78. The highest BCUT2D eigenvalue weighted by molar-refractivity contribution is 7.99. The van der Waals surface area contributed by atoms with Crippen LogP contribution in [0.5, 0.6) is 0 Å². The van der Waals surface area contributed by atoms with Gasteiger partial charge in [0.05, 0.1) is 6.33 Å². The number of aryl methyl sites for hydroxylation is 1. The number of halogens is 1. The maximum Gasteiger partial charge on any atom is 0.262 e. The summed E-state index contributed by atoms with van der Waals surface area (Å²) in [5.41, 5.74) is 0.648. The Morgan fingerprint density at radius 1 is 1.30 bits per heavy atom. The van der Waals surface area contributed by atoms with Gasteiger partial charge in [-0.3, -0.25) is 0 Å². The molecule has 1 aromatic heterocycles. The standard InChI is InChI=1S/C15H18FN3O2S2/c1-18-10-15(17-11-18)23(20,21)19-7-6-14(22-9-8-19)12-4-2-3-5-13(12)16/h2-5,10-11,14H,6-9H2,1H3. The highest BCUT2D eigenvalue weighted by atomic mass is 32.2. The molecule has 1 aliphatic rings. The second kappa shape index (κ2) is 6.62. The van der Waals surface area contributed by atoms with Gasteiger partial charge in [-0.1, -0.05) is 18.2 Å². The summed E-state index contributed by atoms with van der Waals surface area (Å²) in [7, 11) is -1.85. The summed E-state index contributed by atoms with van der Waals surface area (Å²) in [5, 5.41) is 0.0366. The van der Waals surface area contributed by atoms with Gasteiger partial charge in [0.1, 0.15) is 5.82 Å². The van der Waals surface area contributed by atoms with Crippen molar-refractivity contribution in [2.75, 3.05) is 18.8 Å². The molecule has 0 aliphatic carbocycles. The van der Waals surface area contributed by atoms with Gasteiger partial charge in [-0.25, -0.2) is 17.8 Å². The van der Waals surface area contributed by atoms with E-state index in [0.29, 0.717) is 30.8 Å². The predicted molar refractivity (Wildman–Crippen MR) is 88.2 cm³/mol. The molecule has 1 fully saturated rings. The van der Waals surface area contributed by atoms with Crippen LogP contribution in [-0.2, 0) is 17.1 Å². The number of hydrogen-bond acceptors (Lipinski definition) is 4. The molecule has 2 aromatic rings. The Hall–Kier alpha value is -1.38. The molecule has 8 heteroatoms. The molecule has 1 atom stereocenters. The molecule has 1 aromatic carbocycles. The molecule has 0 N–H and O–H groups in total. The maximum absolute atomic E-state index is 13.9. The first kappa shape index (κ1) is 16.5. The third kappa shape index (κ3) is 3.44. The zero-order valence-corrected chi connectivity index (χ0v) is 14.4. The third-order valence-electron chi connectivity index (χ3n) is 3.84. The minimum atomic E-state index is -3.59. The van der Waals surface area contributed by atoms with Crippen molar-refractivity contribution in [2.45, 2.75) is 16.7 Å². The van der Waals surface area contributed by atoms with Crippen LogP contribution in [0.4, 0.5) is 4.39 Å². The van der Waals surface area contributed by atoms with Crippen LogP contribution in [0.1, 0.15) is 17.2 Å². The zero-order chi connectivity index (χ0) is 16.4. The minimum absolute atomic E-state index is 0.0277. The van der Waals surface area contributed by atoms with E-state index in [1.54, 1.807) is 35.5 Å². The molecule has 0 spiro atoms. The highest BCUT2D eigenvalue weighted by Crippen LogP contribution is 2.36. The zero-order valence-electron chi connectivity index (χ0n) is 12.7. The van der Waals surface area contributed by atoms with Crippen LogP contribution in [-0.4, -0.2) is 41.1 Å². The molecule has 3 rings (SSSR count). The van der Waals surface area contributed by atoms with Gasteiger partial charge < -0.3 is 4.57 Å². The van der Waals surface area contributed by atoms with E-state index in [1.165, 1.54) is 22.9 Å². The second-order valence-corrected chi connectivity index (χ2v) is 8.65. The number of rotatable bonds is 3. The van der Waals surface area contributed by atoms with Crippen molar-refractivity contribution in [1.82, 2.24) is 13.9 Å². The Morgan fingerprint density at radius 2 is 2.09 bits per heavy atom. The van der Waals surface area contributed by atoms with E-state index in [9.17, 15) is 12.8 Å². The van der Waals surface area contributed by atoms with Gasteiger partial charge in [0.15, 0.2) is 5.03 Å². The van der Waals surface area contributed by atoms with Crippen molar-refractivity contribution in [2.24, 2.45) is 7.05 Å². The lowest BCUT2D eigenvalue weighted by atomic mass is 10.1. The quantitative estimate of drug-likeness (QED) is 0.849. The second-order valence-electron chi connectivity index (χ2n) is 5.45. The summed E-state index contributed by atoms with van der Waals surface area (Å²) < 4.78 is 42.3. The fourth-order valence-corrected chi connectivity index (χ4v) is 5.42. The Labute approximate surface area is 139 Å². The van der Waals surface area contributed by atoms with Gasteiger partial charge in [0.25, 0.3) is 10.0 Å². The number of benzene rings is 1. The summed E-state index contributed by atoms with van der Waals surface area (Å²) in [6, 6.07) is 6.70. The van der Waals surface area contributed by atoms with Crippen molar-refractivity contribution < 1.29 is 12.8 Å². The minimum Gasteiger partial charge on any atom is -0.339 e. The Kier molecular flexibility index (Phi) is 4.74. The maximum atomic E-state index is 13.9. The van der Waals surface area contributed by atoms with Gasteiger partial charge in [-0.05, 0) is 12.5 Å². The average Bonchev–Trinajstić information content (AvgIpc) is 2.82. The normalized spacial score (nSPS) is 20.3. The van der Waals surface area contributed by atoms with Crippen LogP contribution in [0.3, 0.4) is 0 Å². The molecular weight excluding hydrogens is 337 g/mol. The predicted octanol–water partition coefficient (Wildman–Crippen LogP) is 2.43. The lowest BCUT2D eigenvalue weighted by Crippen LogP contribution is -2.33. The SMILES string of the molecule is Cn1cnc(S(=O)(=O)N2CCSC(c3ccccc3F)CC2)c1. The van der Waals surface area contributed by atoms with Gasteiger partial charge >= 0.3 is 0 Å². The molecule has 124 valence electrons. The van der Waals surface area contributed by atoms with Crippen LogP contribution < -0.4 is 0 Å². The molecule has 2 heterocycles. The molecule has 1 aliphatic heterocycles. The topological polar surface area (TPSA) is 55.2 Å². The molecule has 0 radical (unpaired) electrons. The van der Waals surface area contributed by atoms with E-state index in [0.717, 1.165) is 0 Å². The number of aromatic nitrogens is 2. The monoisotopic (exact) mass is 355 g/mol. The van der Waals surface area contributed by atoms with Gasteiger partial charge in [0.2, 0.25) is 0 Å². The lowest BCUT2D eigenvalue weighted by Gasteiger charge is -2.18. The van der Waals surface area contributed by atoms with E-state index in [-0.39, 0.29) is 16.1 Å². The van der Waals surface area contributed by atoms with Crippen LogP contribution in [0.2, 0.25) is 0 Å². The lowest BCUT2D eigenvalue weighted by molar-refractivity contribution is 0.425. The number of thioether (sulfide) groups is 1. The van der Waals surface area contributed by atoms with Crippen molar-refractivity contribution in [1.29, 1.82) is 0 Å². The van der Waals surface area contributed by atoms with Gasteiger partial charge in [-0.15, -0.1) is 0 Å². The molecule has 5 nitrogen and oxygen atoms in total. The smallest absolute Gasteiger partial charge is 0.262 e. The first-order valence-corrected chi connectivity index (χ1v) is 9.81. The molecular formula is C15H18FN3O2S2. The molecule has 1 saturated heterocycles. The summed E-state index contributed by atoms with van der Waals surface area (Å²) >= 11 is 1.60. The summed E-state index contributed by atoms with van der Waals surface area (Å²) in [6.07, 6.45) is 3.56.